The van der Waals surface area contributed by atoms with E-state index in [9.17, 15) is 14.9 Å². The van der Waals surface area contributed by atoms with Crippen LogP contribution in [0.1, 0.15) is 15.9 Å². The Bertz CT molecular complexity index is 1020. The van der Waals surface area contributed by atoms with Gasteiger partial charge >= 0.3 is 0 Å². The summed E-state index contributed by atoms with van der Waals surface area (Å²) in [5, 5.41) is 15.4. The molecule has 0 saturated carbocycles. The van der Waals surface area contributed by atoms with E-state index in [1.165, 1.54) is 32.4 Å². The molecule has 8 heteroatoms. The van der Waals surface area contributed by atoms with Crippen LogP contribution in [0.3, 0.4) is 0 Å². The monoisotopic (exact) mass is 407 g/mol. The number of carbonyl (C=O) groups is 1. The van der Waals surface area contributed by atoms with Crippen molar-refractivity contribution in [2.75, 3.05) is 19.5 Å². The topological polar surface area (TPSA) is 93.9 Å². The Morgan fingerprint density at radius 2 is 1.77 bits per heavy atom. The van der Waals surface area contributed by atoms with Crippen LogP contribution in [0.5, 0.6) is 5.75 Å². The molecule has 0 aliphatic carbocycles. The second-order valence-corrected chi connectivity index (χ2v) is 6.40. The standard InChI is InChI=1S/C22H21N3O5/c1-24(29-2)22(26)17-8-13-21(25(27)28)20(14-17)23-18-9-11-19(12-10-18)30-15-16-6-4-3-5-7-16/h3-14,23H,15H2,1-2H3. The van der Waals surface area contributed by atoms with E-state index >= 15 is 0 Å². The molecule has 3 aromatic carbocycles. The first kappa shape index (κ1) is 20.8. The van der Waals surface area contributed by atoms with Gasteiger partial charge in [0, 0.05) is 24.4 Å². The molecule has 0 fully saturated rings. The molecule has 3 aromatic rings. The van der Waals surface area contributed by atoms with Gasteiger partial charge < -0.3 is 10.1 Å². The largest absolute Gasteiger partial charge is 0.489 e. The Morgan fingerprint density at radius 1 is 1.07 bits per heavy atom. The van der Waals surface area contributed by atoms with Gasteiger partial charge in [-0.2, -0.15) is 0 Å². The first-order valence-corrected chi connectivity index (χ1v) is 9.12. The molecular weight excluding hydrogens is 386 g/mol. The molecule has 3 rings (SSSR count). The molecule has 1 N–H and O–H groups in total. The molecule has 0 unspecified atom stereocenters. The normalized spacial score (nSPS) is 10.3. The van der Waals surface area contributed by atoms with Crippen molar-refractivity contribution in [1.29, 1.82) is 0 Å². The lowest BCUT2D eigenvalue weighted by Gasteiger charge is -2.15. The zero-order valence-electron chi connectivity index (χ0n) is 16.6. The van der Waals surface area contributed by atoms with Crippen molar-refractivity contribution in [2.45, 2.75) is 6.61 Å². The fourth-order valence-electron chi connectivity index (χ4n) is 2.72. The summed E-state index contributed by atoms with van der Waals surface area (Å²) >= 11 is 0. The van der Waals surface area contributed by atoms with Crippen molar-refractivity contribution >= 4 is 23.0 Å². The van der Waals surface area contributed by atoms with Crippen LogP contribution in [-0.4, -0.2) is 30.1 Å². The van der Waals surface area contributed by atoms with Crippen LogP contribution >= 0.6 is 0 Å². The van der Waals surface area contributed by atoms with Gasteiger partial charge in [0.1, 0.15) is 18.0 Å². The van der Waals surface area contributed by atoms with Crippen LogP contribution < -0.4 is 10.1 Å². The molecule has 30 heavy (non-hydrogen) atoms. The van der Waals surface area contributed by atoms with E-state index in [1.54, 1.807) is 24.3 Å². The maximum Gasteiger partial charge on any atom is 0.292 e. The number of rotatable bonds is 8. The van der Waals surface area contributed by atoms with Gasteiger partial charge in [0.15, 0.2) is 0 Å². The minimum Gasteiger partial charge on any atom is -0.489 e. The zero-order valence-corrected chi connectivity index (χ0v) is 16.6. The SMILES string of the molecule is CON(C)C(=O)c1ccc([N+](=O)[O-])c(Nc2ccc(OCc3ccccc3)cc2)c1. The number of anilines is 2. The average Bonchev–Trinajstić information content (AvgIpc) is 2.78. The van der Waals surface area contributed by atoms with Crippen LogP contribution in [0.15, 0.2) is 72.8 Å². The summed E-state index contributed by atoms with van der Waals surface area (Å²) in [5.74, 6) is 0.254. The molecule has 154 valence electrons. The molecule has 0 aliphatic heterocycles. The summed E-state index contributed by atoms with van der Waals surface area (Å²) in [6.07, 6.45) is 0. The average molecular weight is 407 g/mol. The minimum absolute atomic E-state index is 0.143. The van der Waals surface area contributed by atoms with Crippen molar-refractivity contribution in [3.8, 4) is 5.75 Å². The number of hydroxylamine groups is 2. The Kier molecular flexibility index (Phi) is 6.61. The fraction of sp³-hybridized carbons (Fsp3) is 0.136. The third-order valence-corrected chi connectivity index (χ3v) is 4.38. The summed E-state index contributed by atoms with van der Waals surface area (Å²) in [6.45, 7) is 0.441. The molecule has 0 saturated heterocycles. The van der Waals surface area contributed by atoms with Gasteiger partial charge in [0.2, 0.25) is 0 Å². The summed E-state index contributed by atoms with van der Waals surface area (Å²) < 4.78 is 5.75. The van der Waals surface area contributed by atoms with Gasteiger partial charge in [0.05, 0.1) is 12.0 Å². The number of nitro benzene ring substituents is 1. The van der Waals surface area contributed by atoms with E-state index in [0.717, 1.165) is 10.6 Å². The van der Waals surface area contributed by atoms with Crippen LogP contribution in [0.2, 0.25) is 0 Å². The molecule has 0 heterocycles. The maximum absolute atomic E-state index is 12.3. The quantitative estimate of drug-likeness (QED) is 0.435. The first-order valence-electron chi connectivity index (χ1n) is 9.12. The van der Waals surface area contributed by atoms with Gasteiger partial charge in [0.25, 0.3) is 11.6 Å². The second kappa shape index (κ2) is 9.53. The van der Waals surface area contributed by atoms with Crippen molar-refractivity contribution in [1.82, 2.24) is 5.06 Å². The van der Waals surface area contributed by atoms with E-state index in [2.05, 4.69) is 5.32 Å². The van der Waals surface area contributed by atoms with E-state index in [0.29, 0.717) is 18.0 Å². The summed E-state index contributed by atoms with van der Waals surface area (Å²) in [4.78, 5) is 28.0. The fourth-order valence-corrected chi connectivity index (χ4v) is 2.72. The third-order valence-electron chi connectivity index (χ3n) is 4.38. The van der Waals surface area contributed by atoms with Crippen LogP contribution in [0, 0.1) is 10.1 Å². The highest BCUT2D eigenvalue weighted by atomic mass is 16.7. The molecule has 0 atom stereocenters. The predicted molar refractivity (Wildman–Crippen MR) is 113 cm³/mol. The highest BCUT2D eigenvalue weighted by molar-refractivity contribution is 5.95. The lowest BCUT2D eigenvalue weighted by molar-refractivity contribution is -0.383. The van der Waals surface area contributed by atoms with E-state index in [4.69, 9.17) is 9.57 Å². The van der Waals surface area contributed by atoms with E-state index in [-0.39, 0.29) is 16.9 Å². The van der Waals surface area contributed by atoms with Crippen LogP contribution in [-0.2, 0) is 11.4 Å². The number of nitrogens with zero attached hydrogens (tertiary/aromatic N) is 2. The molecule has 8 nitrogen and oxygen atoms in total. The Hall–Kier alpha value is -3.91. The van der Waals surface area contributed by atoms with Crippen LogP contribution in [0.25, 0.3) is 0 Å². The number of hydrogen-bond donors (Lipinski definition) is 1. The molecule has 0 aliphatic rings. The molecule has 0 radical (unpaired) electrons. The summed E-state index contributed by atoms with van der Waals surface area (Å²) in [5.41, 5.74) is 1.99. The van der Waals surface area contributed by atoms with Crippen molar-refractivity contribution in [2.24, 2.45) is 0 Å². The van der Waals surface area contributed by atoms with E-state index < -0.39 is 10.8 Å². The minimum atomic E-state index is -0.506. The van der Waals surface area contributed by atoms with Crippen molar-refractivity contribution in [3.63, 3.8) is 0 Å². The number of nitrogens with one attached hydrogen (secondary N) is 1. The second-order valence-electron chi connectivity index (χ2n) is 6.40. The van der Waals surface area contributed by atoms with E-state index in [1.807, 2.05) is 30.3 Å². The highest BCUT2D eigenvalue weighted by Gasteiger charge is 2.19. The molecular formula is C22H21N3O5. The van der Waals surface area contributed by atoms with Gasteiger partial charge in [-0.1, -0.05) is 30.3 Å². The number of ether oxygens (including phenoxy) is 1. The maximum atomic E-state index is 12.3. The number of nitro groups is 1. The number of hydrogen-bond acceptors (Lipinski definition) is 6. The summed E-state index contributed by atoms with van der Waals surface area (Å²) in [7, 11) is 2.83. The molecule has 0 aromatic heterocycles. The van der Waals surface area contributed by atoms with Crippen molar-refractivity contribution < 1.29 is 19.3 Å². The summed E-state index contributed by atoms with van der Waals surface area (Å²) in [6, 6.07) is 20.9. The molecule has 0 bridgehead atoms. The zero-order chi connectivity index (χ0) is 21.5. The van der Waals surface area contributed by atoms with Crippen LogP contribution in [0.4, 0.5) is 17.1 Å². The Balaban J connectivity index is 1.75. The van der Waals surface area contributed by atoms with Gasteiger partial charge in [-0.3, -0.25) is 19.7 Å². The lowest BCUT2D eigenvalue weighted by atomic mass is 10.1. The number of amides is 1. The first-order chi connectivity index (χ1) is 14.5. The third kappa shape index (κ3) is 5.12. The van der Waals surface area contributed by atoms with Gasteiger partial charge in [-0.15, -0.1) is 0 Å². The van der Waals surface area contributed by atoms with Gasteiger partial charge in [-0.05, 0) is 42.0 Å². The molecule has 1 amide bonds. The highest BCUT2D eigenvalue weighted by Crippen LogP contribution is 2.30. The number of benzene rings is 3. The number of carbonyl (C=O) groups excluding carboxylic acids is 1. The lowest BCUT2D eigenvalue weighted by Crippen LogP contribution is -2.25. The Morgan fingerprint density at radius 3 is 2.40 bits per heavy atom. The van der Waals surface area contributed by atoms with Crippen molar-refractivity contribution in [3.05, 3.63) is 94.0 Å². The van der Waals surface area contributed by atoms with Gasteiger partial charge in [-0.25, -0.2) is 5.06 Å². The molecule has 0 spiro atoms. The smallest absolute Gasteiger partial charge is 0.292 e. The Labute approximate surface area is 173 Å². The predicted octanol–water partition coefficient (Wildman–Crippen LogP) is 4.55.